The Labute approximate surface area is 206 Å². The van der Waals surface area contributed by atoms with Crippen LogP contribution in [-0.2, 0) is 20.9 Å². The highest BCUT2D eigenvalue weighted by molar-refractivity contribution is 5.98. The standard InChI is InChI=1S/C27H23F2NO6/c1-34-26(32)21-14-23(29)22(28)13-20(21)17-7-9-19(10-8-17)35-15-16-4-2-5-18(12-16)25(31)36-27(33)24-6-3-11-30-24/h2,4-5,7-10,12-14,24,30H,3,6,11,15H2,1H3/t24-/m0/s1. The van der Waals surface area contributed by atoms with Gasteiger partial charge >= 0.3 is 17.9 Å². The molecule has 0 radical (unpaired) electrons. The van der Waals surface area contributed by atoms with Crippen molar-refractivity contribution in [2.45, 2.75) is 25.5 Å². The van der Waals surface area contributed by atoms with E-state index in [0.717, 1.165) is 32.2 Å². The van der Waals surface area contributed by atoms with E-state index < -0.39 is 35.6 Å². The van der Waals surface area contributed by atoms with Gasteiger partial charge in [-0.2, -0.15) is 0 Å². The van der Waals surface area contributed by atoms with E-state index in [9.17, 15) is 23.2 Å². The van der Waals surface area contributed by atoms with E-state index in [1.165, 1.54) is 0 Å². The van der Waals surface area contributed by atoms with Crippen LogP contribution in [0.15, 0.2) is 60.7 Å². The van der Waals surface area contributed by atoms with Crippen molar-refractivity contribution in [1.82, 2.24) is 5.32 Å². The van der Waals surface area contributed by atoms with Crippen molar-refractivity contribution >= 4 is 17.9 Å². The molecule has 9 heteroatoms. The van der Waals surface area contributed by atoms with E-state index in [0.29, 0.717) is 23.3 Å². The molecule has 0 amide bonds. The lowest BCUT2D eigenvalue weighted by Crippen LogP contribution is -2.33. The van der Waals surface area contributed by atoms with Crippen molar-refractivity contribution in [1.29, 1.82) is 0 Å². The van der Waals surface area contributed by atoms with Crippen LogP contribution in [0, 0.1) is 11.6 Å². The molecule has 0 aromatic heterocycles. The maximum absolute atomic E-state index is 13.8. The highest BCUT2D eigenvalue weighted by Crippen LogP contribution is 2.29. The van der Waals surface area contributed by atoms with Crippen molar-refractivity contribution in [2.75, 3.05) is 13.7 Å². The average Bonchev–Trinajstić information content (AvgIpc) is 3.44. The second-order valence-electron chi connectivity index (χ2n) is 8.17. The smallest absolute Gasteiger partial charge is 0.345 e. The van der Waals surface area contributed by atoms with Gasteiger partial charge in [0.15, 0.2) is 11.6 Å². The van der Waals surface area contributed by atoms with Gasteiger partial charge < -0.3 is 19.5 Å². The number of carbonyl (C=O) groups excluding carboxylic acids is 3. The second kappa shape index (κ2) is 11.1. The maximum atomic E-state index is 13.8. The van der Waals surface area contributed by atoms with Crippen LogP contribution in [-0.4, -0.2) is 37.6 Å². The van der Waals surface area contributed by atoms with Gasteiger partial charge in [-0.25, -0.2) is 23.2 Å². The summed E-state index contributed by atoms with van der Waals surface area (Å²) < 4.78 is 42.9. The number of hydrogen-bond donors (Lipinski definition) is 1. The Morgan fingerprint density at radius 1 is 0.972 bits per heavy atom. The van der Waals surface area contributed by atoms with Crippen molar-refractivity contribution < 1.29 is 37.4 Å². The molecule has 1 N–H and O–H groups in total. The second-order valence-corrected chi connectivity index (χ2v) is 8.17. The van der Waals surface area contributed by atoms with Gasteiger partial charge in [-0.3, -0.25) is 0 Å². The van der Waals surface area contributed by atoms with E-state index in [4.69, 9.17) is 9.47 Å². The predicted molar refractivity (Wildman–Crippen MR) is 125 cm³/mol. The molecule has 1 heterocycles. The third-order valence-corrected chi connectivity index (χ3v) is 5.74. The molecule has 0 unspecified atom stereocenters. The Morgan fingerprint density at radius 3 is 2.42 bits per heavy atom. The van der Waals surface area contributed by atoms with E-state index in [1.54, 1.807) is 48.5 Å². The van der Waals surface area contributed by atoms with Crippen LogP contribution in [0.25, 0.3) is 11.1 Å². The molecule has 1 atom stereocenters. The molecule has 1 saturated heterocycles. The molecular weight excluding hydrogens is 472 g/mol. The fourth-order valence-corrected chi connectivity index (χ4v) is 3.86. The fourth-order valence-electron chi connectivity index (χ4n) is 3.86. The summed E-state index contributed by atoms with van der Waals surface area (Å²) in [7, 11) is 1.16. The summed E-state index contributed by atoms with van der Waals surface area (Å²) in [4.78, 5) is 36.4. The lowest BCUT2D eigenvalue weighted by Gasteiger charge is -2.11. The van der Waals surface area contributed by atoms with Gasteiger partial charge in [0.25, 0.3) is 0 Å². The Kier molecular flexibility index (Phi) is 7.70. The molecule has 3 aromatic carbocycles. The number of halogens is 2. The van der Waals surface area contributed by atoms with Gasteiger partial charge in [0.2, 0.25) is 0 Å². The SMILES string of the molecule is COC(=O)c1cc(F)c(F)cc1-c1ccc(OCc2cccc(C(=O)OC(=O)[C@@H]3CCCN3)c2)cc1. The first kappa shape index (κ1) is 25.0. The molecule has 0 saturated carbocycles. The molecule has 1 aliphatic heterocycles. The summed E-state index contributed by atoms with van der Waals surface area (Å²) in [5.41, 5.74) is 1.45. The molecule has 186 valence electrons. The van der Waals surface area contributed by atoms with Crippen LogP contribution in [0.4, 0.5) is 8.78 Å². The number of carbonyl (C=O) groups is 3. The molecule has 1 fully saturated rings. The van der Waals surface area contributed by atoms with Gasteiger partial charge in [-0.15, -0.1) is 0 Å². The molecule has 4 rings (SSSR count). The number of esters is 3. The number of benzene rings is 3. The molecule has 7 nitrogen and oxygen atoms in total. The van der Waals surface area contributed by atoms with E-state index in [2.05, 4.69) is 10.1 Å². The molecule has 3 aromatic rings. The summed E-state index contributed by atoms with van der Waals surface area (Å²) in [6.07, 6.45) is 1.49. The zero-order chi connectivity index (χ0) is 25.7. The average molecular weight is 495 g/mol. The summed E-state index contributed by atoms with van der Waals surface area (Å²) in [6.45, 7) is 0.839. The largest absolute Gasteiger partial charge is 0.489 e. The monoisotopic (exact) mass is 495 g/mol. The van der Waals surface area contributed by atoms with Crippen molar-refractivity contribution in [3.05, 3.63) is 89.0 Å². The third kappa shape index (κ3) is 5.75. The third-order valence-electron chi connectivity index (χ3n) is 5.74. The maximum Gasteiger partial charge on any atom is 0.345 e. The van der Waals surface area contributed by atoms with Crippen molar-refractivity contribution in [3.63, 3.8) is 0 Å². The minimum Gasteiger partial charge on any atom is -0.489 e. The highest BCUT2D eigenvalue weighted by atomic mass is 19.2. The Hall–Kier alpha value is -4.11. The van der Waals surface area contributed by atoms with E-state index in [-0.39, 0.29) is 23.3 Å². The molecule has 0 aliphatic carbocycles. The number of hydrogen-bond acceptors (Lipinski definition) is 7. The molecule has 0 spiro atoms. The van der Waals surface area contributed by atoms with Gasteiger partial charge in [0.05, 0.1) is 18.2 Å². The first-order chi connectivity index (χ1) is 17.4. The lowest BCUT2D eigenvalue weighted by molar-refractivity contribution is -0.139. The quantitative estimate of drug-likeness (QED) is 0.383. The van der Waals surface area contributed by atoms with Crippen LogP contribution in [0.1, 0.15) is 39.1 Å². The van der Waals surface area contributed by atoms with Gasteiger partial charge in [-0.1, -0.05) is 24.3 Å². The lowest BCUT2D eigenvalue weighted by atomic mass is 9.99. The molecule has 1 aliphatic rings. The van der Waals surface area contributed by atoms with E-state index >= 15 is 0 Å². The number of methoxy groups -OCH3 is 1. The predicted octanol–water partition coefficient (Wildman–Crippen LogP) is 4.43. The molecular formula is C27H23F2NO6. The number of rotatable bonds is 7. The van der Waals surface area contributed by atoms with E-state index in [1.807, 2.05) is 0 Å². The van der Waals surface area contributed by atoms with Crippen LogP contribution in [0.3, 0.4) is 0 Å². The van der Waals surface area contributed by atoms with Crippen LogP contribution in [0.2, 0.25) is 0 Å². The Balaban J connectivity index is 1.42. The first-order valence-electron chi connectivity index (χ1n) is 11.2. The zero-order valence-electron chi connectivity index (χ0n) is 19.4. The van der Waals surface area contributed by atoms with Gasteiger partial charge in [-0.05, 0) is 72.5 Å². The Bertz CT molecular complexity index is 1290. The first-order valence-corrected chi connectivity index (χ1v) is 11.2. The minimum absolute atomic E-state index is 0.101. The number of ether oxygens (including phenoxy) is 3. The summed E-state index contributed by atoms with van der Waals surface area (Å²) in [6, 6.07) is 14.3. The van der Waals surface area contributed by atoms with Gasteiger partial charge in [0.1, 0.15) is 18.4 Å². The van der Waals surface area contributed by atoms with Crippen molar-refractivity contribution in [2.24, 2.45) is 0 Å². The summed E-state index contributed by atoms with van der Waals surface area (Å²) >= 11 is 0. The zero-order valence-corrected chi connectivity index (χ0v) is 19.4. The van der Waals surface area contributed by atoms with Gasteiger partial charge in [0, 0.05) is 0 Å². The normalized spacial score (nSPS) is 14.8. The minimum atomic E-state index is -1.15. The van der Waals surface area contributed by atoms with Crippen LogP contribution < -0.4 is 10.1 Å². The summed E-state index contributed by atoms with van der Waals surface area (Å²) in [5.74, 6) is -3.87. The van der Waals surface area contributed by atoms with Crippen molar-refractivity contribution in [3.8, 4) is 16.9 Å². The topological polar surface area (TPSA) is 90.9 Å². The highest BCUT2D eigenvalue weighted by Gasteiger charge is 2.26. The Morgan fingerprint density at radius 2 is 1.72 bits per heavy atom. The fraction of sp³-hybridized carbons (Fsp3) is 0.222. The van der Waals surface area contributed by atoms with Crippen LogP contribution in [0.5, 0.6) is 5.75 Å². The molecule has 0 bridgehead atoms. The van der Waals surface area contributed by atoms with Crippen LogP contribution >= 0.6 is 0 Å². The molecule has 36 heavy (non-hydrogen) atoms. The number of nitrogens with one attached hydrogen (secondary N) is 1. The summed E-state index contributed by atoms with van der Waals surface area (Å²) in [5, 5.41) is 2.99.